The van der Waals surface area contributed by atoms with Gasteiger partial charge in [-0.3, -0.25) is 4.98 Å². The summed E-state index contributed by atoms with van der Waals surface area (Å²) < 4.78 is 17.5. The molecule has 234 valence electrons. The van der Waals surface area contributed by atoms with E-state index in [0.29, 0.717) is 24.8 Å². The van der Waals surface area contributed by atoms with E-state index in [9.17, 15) is 5.11 Å². The monoisotopic (exact) mass is 589 g/mol. The van der Waals surface area contributed by atoms with Crippen LogP contribution in [0, 0.1) is 0 Å². The highest BCUT2D eigenvalue weighted by Crippen LogP contribution is 2.43. The third kappa shape index (κ3) is 8.79. The molecule has 2 aromatic carbocycles. The molecule has 0 aliphatic heterocycles. The molecule has 3 aromatic rings. The zero-order valence-electron chi connectivity index (χ0n) is 26.9. The predicted molar refractivity (Wildman–Crippen MR) is 175 cm³/mol. The lowest BCUT2D eigenvalue weighted by Crippen LogP contribution is -2.29. The van der Waals surface area contributed by atoms with Crippen LogP contribution < -0.4 is 19.1 Å². The van der Waals surface area contributed by atoms with Crippen molar-refractivity contribution in [2.24, 2.45) is 0 Å². The number of methoxy groups -OCH3 is 2. The number of aromatic nitrogens is 1. The maximum atomic E-state index is 9.97. The van der Waals surface area contributed by atoms with Crippen molar-refractivity contribution in [3.63, 3.8) is 0 Å². The van der Waals surface area contributed by atoms with Crippen molar-refractivity contribution >= 4 is 5.69 Å². The van der Waals surface area contributed by atoms with Gasteiger partial charge in [0.05, 0.1) is 32.7 Å². The zero-order chi connectivity index (χ0) is 30.6. The molecule has 1 N–H and O–H groups in total. The Balaban J connectivity index is 1.45. The number of aromatic hydroxyl groups is 1. The number of fused-ring (bicyclic) bond motifs is 1. The molecule has 1 atom stereocenters. The van der Waals surface area contributed by atoms with Crippen LogP contribution in [0.15, 0.2) is 48.7 Å². The van der Waals surface area contributed by atoms with Gasteiger partial charge in [-0.2, -0.15) is 0 Å². The maximum Gasteiger partial charge on any atom is 0.162 e. The standard InChI is InChI=1S/C36H51N3O4/c1-6-9-10-11-18-38(7-2)19-20-43-32-17-15-30(37-25-32)26-39(8-3)34-24-36(42-5)35(41-4)23-33(34)29-13-12-28-22-31(40)16-14-27(28)21-29/h14-17,22-25,29,40H,6-13,18-21,26H2,1-5H3. The lowest BCUT2D eigenvalue weighted by Gasteiger charge is -2.32. The van der Waals surface area contributed by atoms with Gasteiger partial charge in [-0.15, -0.1) is 0 Å². The average molecular weight is 590 g/mol. The van der Waals surface area contributed by atoms with Crippen LogP contribution in [-0.2, 0) is 19.4 Å². The number of nitrogens with zero attached hydrogens (tertiary/aromatic N) is 3. The molecule has 43 heavy (non-hydrogen) atoms. The minimum Gasteiger partial charge on any atom is -0.508 e. The van der Waals surface area contributed by atoms with E-state index in [0.717, 1.165) is 74.1 Å². The van der Waals surface area contributed by atoms with Gasteiger partial charge in [0.2, 0.25) is 0 Å². The smallest absolute Gasteiger partial charge is 0.162 e. The second-order valence-electron chi connectivity index (χ2n) is 11.5. The first-order valence-electron chi connectivity index (χ1n) is 16.1. The molecule has 4 rings (SSSR count). The molecule has 0 radical (unpaired) electrons. The SMILES string of the molecule is CCCCCCN(CC)CCOc1ccc(CN(CC)c2cc(OC)c(OC)cc2C2CCc3cc(O)ccc3C2)nc1. The highest BCUT2D eigenvalue weighted by atomic mass is 16.5. The van der Waals surface area contributed by atoms with Gasteiger partial charge in [0.15, 0.2) is 11.5 Å². The van der Waals surface area contributed by atoms with Crippen LogP contribution in [0.25, 0.3) is 0 Å². The first-order chi connectivity index (χ1) is 21.0. The second-order valence-corrected chi connectivity index (χ2v) is 11.5. The van der Waals surface area contributed by atoms with Crippen LogP contribution in [0.2, 0.25) is 0 Å². The van der Waals surface area contributed by atoms with Gasteiger partial charge in [0.1, 0.15) is 18.1 Å². The van der Waals surface area contributed by atoms with Gasteiger partial charge in [-0.05, 0) is 98.6 Å². The Kier molecular flexibility index (Phi) is 12.4. The van der Waals surface area contributed by atoms with E-state index in [1.807, 2.05) is 18.3 Å². The lowest BCUT2D eigenvalue weighted by atomic mass is 9.79. The van der Waals surface area contributed by atoms with Crippen molar-refractivity contribution in [2.75, 3.05) is 51.9 Å². The Morgan fingerprint density at radius 3 is 2.40 bits per heavy atom. The molecule has 1 aliphatic carbocycles. The summed E-state index contributed by atoms with van der Waals surface area (Å²) in [5, 5.41) is 9.97. The van der Waals surface area contributed by atoms with Crippen LogP contribution >= 0.6 is 0 Å². The third-order valence-electron chi connectivity index (χ3n) is 8.72. The van der Waals surface area contributed by atoms with Gasteiger partial charge < -0.3 is 29.1 Å². The Bertz CT molecular complexity index is 1280. The first-order valence-corrected chi connectivity index (χ1v) is 16.1. The van der Waals surface area contributed by atoms with Gasteiger partial charge in [0.25, 0.3) is 0 Å². The topological polar surface area (TPSA) is 67.3 Å². The van der Waals surface area contributed by atoms with Gasteiger partial charge in [-0.1, -0.05) is 39.2 Å². The van der Waals surface area contributed by atoms with Crippen molar-refractivity contribution in [1.29, 1.82) is 0 Å². The predicted octanol–water partition coefficient (Wildman–Crippen LogP) is 7.38. The molecular formula is C36H51N3O4. The van der Waals surface area contributed by atoms with Crippen molar-refractivity contribution < 1.29 is 19.3 Å². The highest BCUT2D eigenvalue weighted by Gasteiger charge is 2.26. The van der Waals surface area contributed by atoms with Crippen LogP contribution in [0.3, 0.4) is 0 Å². The van der Waals surface area contributed by atoms with Crippen molar-refractivity contribution in [3.05, 3.63) is 71.0 Å². The first kappa shape index (κ1) is 32.5. The number of rotatable bonds is 17. The summed E-state index contributed by atoms with van der Waals surface area (Å²) in [6, 6.07) is 14.1. The summed E-state index contributed by atoms with van der Waals surface area (Å²) in [5.41, 5.74) is 5.94. The number of hydrogen-bond acceptors (Lipinski definition) is 7. The van der Waals surface area contributed by atoms with Crippen molar-refractivity contribution in [3.8, 4) is 23.0 Å². The largest absolute Gasteiger partial charge is 0.508 e. The summed E-state index contributed by atoms with van der Waals surface area (Å²) in [6.07, 6.45) is 9.87. The Labute approximate surface area is 258 Å². The van der Waals surface area contributed by atoms with Crippen LogP contribution in [-0.4, -0.2) is 62.0 Å². The number of hydrogen-bond donors (Lipinski definition) is 1. The Morgan fingerprint density at radius 1 is 0.884 bits per heavy atom. The summed E-state index contributed by atoms with van der Waals surface area (Å²) in [4.78, 5) is 9.61. The van der Waals surface area contributed by atoms with E-state index in [-0.39, 0.29) is 0 Å². The summed E-state index contributed by atoms with van der Waals surface area (Å²) in [6.45, 7) is 11.9. The number of phenols is 1. The molecule has 7 nitrogen and oxygen atoms in total. The van der Waals surface area contributed by atoms with E-state index < -0.39 is 0 Å². The number of unbranched alkanes of at least 4 members (excludes halogenated alkanes) is 3. The average Bonchev–Trinajstić information content (AvgIpc) is 3.04. The summed E-state index contributed by atoms with van der Waals surface area (Å²) in [7, 11) is 3.38. The molecular weight excluding hydrogens is 538 g/mol. The fourth-order valence-corrected chi connectivity index (χ4v) is 6.13. The quantitative estimate of drug-likeness (QED) is 0.165. The number of phenolic OH excluding ortho intramolecular Hbond substituents is 1. The van der Waals surface area contributed by atoms with Crippen LogP contribution in [0.1, 0.15) is 81.2 Å². The van der Waals surface area contributed by atoms with Crippen molar-refractivity contribution in [1.82, 2.24) is 9.88 Å². The Morgan fingerprint density at radius 2 is 1.70 bits per heavy atom. The molecule has 0 saturated carbocycles. The van der Waals surface area contributed by atoms with E-state index in [4.69, 9.17) is 19.2 Å². The molecule has 0 fully saturated rings. The van der Waals surface area contributed by atoms with Crippen molar-refractivity contribution in [2.45, 2.75) is 78.2 Å². The van der Waals surface area contributed by atoms with Gasteiger partial charge in [0, 0.05) is 24.8 Å². The van der Waals surface area contributed by atoms with E-state index >= 15 is 0 Å². The normalized spacial score (nSPS) is 14.4. The minimum absolute atomic E-state index is 0.332. The van der Waals surface area contributed by atoms with Gasteiger partial charge in [-0.25, -0.2) is 0 Å². The fraction of sp³-hybridized carbons (Fsp3) is 0.528. The number of anilines is 1. The zero-order valence-corrected chi connectivity index (χ0v) is 26.9. The second kappa shape index (κ2) is 16.4. The maximum absolute atomic E-state index is 9.97. The summed E-state index contributed by atoms with van der Waals surface area (Å²) >= 11 is 0. The highest BCUT2D eigenvalue weighted by molar-refractivity contribution is 5.64. The molecule has 0 bridgehead atoms. The lowest BCUT2D eigenvalue weighted by molar-refractivity contribution is 0.212. The van der Waals surface area contributed by atoms with E-state index in [2.05, 4.69) is 54.8 Å². The van der Waals surface area contributed by atoms with E-state index in [1.165, 1.54) is 42.4 Å². The van der Waals surface area contributed by atoms with Gasteiger partial charge >= 0.3 is 0 Å². The van der Waals surface area contributed by atoms with Crippen LogP contribution in [0.5, 0.6) is 23.0 Å². The molecule has 0 spiro atoms. The number of ether oxygens (including phenoxy) is 3. The molecule has 1 unspecified atom stereocenters. The minimum atomic E-state index is 0.332. The number of likely N-dealkylation sites (N-methyl/N-ethyl adjacent to an activating group) is 1. The van der Waals surface area contributed by atoms with Crippen LogP contribution in [0.4, 0.5) is 5.69 Å². The molecule has 7 heteroatoms. The van der Waals surface area contributed by atoms with E-state index in [1.54, 1.807) is 20.3 Å². The molecule has 0 amide bonds. The number of benzene rings is 2. The molecule has 0 saturated heterocycles. The fourth-order valence-electron chi connectivity index (χ4n) is 6.13. The Hall–Kier alpha value is -3.45. The number of pyridine rings is 1. The summed E-state index contributed by atoms with van der Waals surface area (Å²) in [5.74, 6) is 2.96. The molecule has 1 aromatic heterocycles. The molecule has 1 aliphatic rings. The molecule has 1 heterocycles. The third-order valence-corrected chi connectivity index (χ3v) is 8.72. The number of aryl methyl sites for hydroxylation is 1.